The van der Waals surface area contributed by atoms with E-state index in [1.807, 2.05) is 7.85 Å². The van der Waals surface area contributed by atoms with Crippen molar-refractivity contribution in [2.24, 2.45) is 0 Å². The molecular weight excluding hydrogens is 201 g/mol. The Morgan fingerprint density at radius 3 is 2.86 bits per heavy atom. The van der Waals surface area contributed by atoms with Crippen LogP contribution in [0.2, 0.25) is 5.02 Å². The van der Waals surface area contributed by atoms with Crippen LogP contribution < -0.4 is 10.2 Å². The van der Waals surface area contributed by atoms with Gasteiger partial charge < -0.3 is 4.74 Å². The lowest BCUT2D eigenvalue weighted by molar-refractivity contribution is 0.310. The molecule has 0 aliphatic rings. The van der Waals surface area contributed by atoms with E-state index in [1.165, 1.54) is 6.07 Å². The van der Waals surface area contributed by atoms with Gasteiger partial charge in [0, 0.05) is 6.07 Å². The van der Waals surface area contributed by atoms with E-state index in [0.29, 0.717) is 12.4 Å². The van der Waals surface area contributed by atoms with Crippen molar-refractivity contribution in [2.75, 3.05) is 6.61 Å². The van der Waals surface area contributed by atoms with Crippen LogP contribution in [0.25, 0.3) is 0 Å². The summed E-state index contributed by atoms with van der Waals surface area (Å²) in [4.78, 5) is 0. The summed E-state index contributed by atoms with van der Waals surface area (Å²) in [5.41, 5.74) is 0.868. The van der Waals surface area contributed by atoms with E-state index in [2.05, 4.69) is 6.92 Å². The van der Waals surface area contributed by atoms with Crippen molar-refractivity contribution < 1.29 is 9.13 Å². The Morgan fingerprint density at radius 2 is 2.21 bits per heavy atom. The second-order valence-corrected chi connectivity index (χ2v) is 3.64. The Bertz CT molecular complexity index is 317. The third kappa shape index (κ3) is 2.91. The number of unbranched alkanes of at least 4 members (excludes halogenated alkanes) is 1. The van der Waals surface area contributed by atoms with Crippen LogP contribution in [-0.4, -0.2) is 14.5 Å². The van der Waals surface area contributed by atoms with Crippen LogP contribution in [0.1, 0.15) is 19.8 Å². The Kier molecular flexibility index (Phi) is 4.27. The van der Waals surface area contributed by atoms with Crippen LogP contribution >= 0.6 is 11.6 Å². The lowest BCUT2D eigenvalue weighted by atomic mass is 9.95. The predicted molar refractivity (Wildman–Crippen MR) is 60.0 cm³/mol. The van der Waals surface area contributed by atoms with Gasteiger partial charge in [0.25, 0.3) is 0 Å². The van der Waals surface area contributed by atoms with E-state index in [4.69, 9.17) is 16.3 Å². The van der Waals surface area contributed by atoms with Crippen LogP contribution in [0.5, 0.6) is 5.75 Å². The normalized spacial score (nSPS) is 10.2. The number of benzene rings is 1. The molecule has 0 bridgehead atoms. The maximum atomic E-state index is 13.1. The summed E-state index contributed by atoms with van der Waals surface area (Å²) in [5, 5.41) is 0.144. The molecule has 0 aliphatic heterocycles. The first-order valence-electron chi connectivity index (χ1n) is 4.73. The zero-order valence-electron chi connectivity index (χ0n) is 8.44. The summed E-state index contributed by atoms with van der Waals surface area (Å²) in [7, 11) is 1.85. The second kappa shape index (κ2) is 5.25. The monoisotopic (exact) mass is 214 g/mol. The van der Waals surface area contributed by atoms with E-state index in [1.54, 1.807) is 6.07 Å². The standard InChI is InChI=1S/C10H13BClFO/c1-2-3-4-14-10-6-9(13)8(12)5-7(10)11/h5-6H,2-4,11H2,1H3. The van der Waals surface area contributed by atoms with Gasteiger partial charge in [-0.05, 0) is 17.9 Å². The van der Waals surface area contributed by atoms with E-state index < -0.39 is 5.82 Å². The maximum Gasteiger partial charge on any atom is 0.145 e. The lowest BCUT2D eigenvalue weighted by Gasteiger charge is -2.09. The summed E-state index contributed by atoms with van der Waals surface area (Å²) < 4.78 is 18.5. The molecule has 0 atom stereocenters. The Morgan fingerprint density at radius 1 is 1.50 bits per heavy atom. The highest BCUT2D eigenvalue weighted by Crippen LogP contribution is 2.18. The van der Waals surface area contributed by atoms with Gasteiger partial charge in [0.05, 0.1) is 11.6 Å². The van der Waals surface area contributed by atoms with Crippen molar-refractivity contribution in [2.45, 2.75) is 19.8 Å². The molecule has 1 aromatic carbocycles. The zero-order chi connectivity index (χ0) is 10.6. The number of rotatable bonds is 4. The van der Waals surface area contributed by atoms with Crippen LogP contribution in [-0.2, 0) is 0 Å². The maximum absolute atomic E-state index is 13.1. The lowest BCUT2D eigenvalue weighted by Crippen LogP contribution is -2.11. The zero-order valence-corrected chi connectivity index (χ0v) is 9.20. The molecule has 0 fully saturated rings. The Balaban J connectivity index is 2.72. The average Bonchev–Trinajstić information content (AvgIpc) is 2.14. The molecule has 0 heterocycles. The molecule has 0 saturated carbocycles. The average molecular weight is 214 g/mol. The van der Waals surface area contributed by atoms with Gasteiger partial charge in [-0.25, -0.2) is 4.39 Å². The molecule has 0 amide bonds. The highest BCUT2D eigenvalue weighted by molar-refractivity contribution is 6.37. The first-order chi connectivity index (χ1) is 6.65. The van der Waals surface area contributed by atoms with Gasteiger partial charge in [0.1, 0.15) is 19.4 Å². The fourth-order valence-corrected chi connectivity index (χ4v) is 1.33. The minimum atomic E-state index is -0.427. The van der Waals surface area contributed by atoms with Crippen LogP contribution in [0.15, 0.2) is 12.1 Å². The van der Waals surface area contributed by atoms with Crippen molar-refractivity contribution in [3.8, 4) is 5.75 Å². The molecule has 0 saturated heterocycles. The molecule has 0 spiro atoms. The Hall–Kier alpha value is -0.695. The molecule has 14 heavy (non-hydrogen) atoms. The number of hydrogen-bond donors (Lipinski definition) is 0. The molecular formula is C10H13BClFO. The summed E-state index contributed by atoms with van der Waals surface area (Å²) in [6.07, 6.45) is 2.04. The SMILES string of the molecule is Bc1cc(Cl)c(F)cc1OCCCC. The molecule has 4 heteroatoms. The number of halogens is 2. The smallest absolute Gasteiger partial charge is 0.145 e. The second-order valence-electron chi connectivity index (χ2n) is 3.23. The number of hydrogen-bond acceptors (Lipinski definition) is 1. The van der Waals surface area contributed by atoms with Crippen molar-refractivity contribution in [3.63, 3.8) is 0 Å². The largest absolute Gasteiger partial charge is 0.494 e. The van der Waals surface area contributed by atoms with Crippen molar-refractivity contribution in [3.05, 3.63) is 23.0 Å². The van der Waals surface area contributed by atoms with E-state index >= 15 is 0 Å². The van der Waals surface area contributed by atoms with Crippen molar-refractivity contribution in [1.29, 1.82) is 0 Å². The molecule has 0 unspecified atom stereocenters. The molecule has 1 aromatic rings. The van der Waals surface area contributed by atoms with E-state index in [-0.39, 0.29) is 5.02 Å². The fourth-order valence-electron chi connectivity index (χ4n) is 1.11. The minimum Gasteiger partial charge on any atom is -0.494 e. The highest BCUT2D eigenvalue weighted by Gasteiger charge is 2.05. The van der Waals surface area contributed by atoms with Gasteiger partial charge in [0.15, 0.2) is 0 Å². The van der Waals surface area contributed by atoms with Crippen LogP contribution in [0, 0.1) is 5.82 Å². The highest BCUT2D eigenvalue weighted by atomic mass is 35.5. The Labute approximate surface area is 89.6 Å². The van der Waals surface area contributed by atoms with Crippen LogP contribution in [0.4, 0.5) is 4.39 Å². The first kappa shape index (κ1) is 11.4. The third-order valence-electron chi connectivity index (χ3n) is 1.97. The van der Waals surface area contributed by atoms with Gasteiger partial charge >= 0.3 is 0 Å². The topological polar surface area (TPSA) is 9.23 Å². The van der Waals surface area contributed by atoms with Crippen LogP contribution in [0.3, 0.4) is 0 Å². The number of ether oxygens (including phenoxy) is 1. The molecule has 76 valence electrons. The molecule has 0 aliphatic carbocycles. The fraction of sp³-hybridized carbons (Fsp3) is 0.400. The third-order valence-corrected chi connectivity index (χ3v) is 2.26. The molecule has 1 rings (SSSR count). The first-order valence-corrected chi connectivity index (χ1v) is 5.11. The van der Waals surface area contributed by atoms with Crippen molar-refractivity contribution >= 4 is 24.9 Å². The van der Waals surface area contributed by atoms with Gasteiger partial charge in [-0.2, -0.15) is 0 Å². The van der Waals surface area contributed by atoms with Gasteiger partial charge in [0.2, 0.25) is 0 Å². The molecule has 0 N–H and O–H groups in total. The summed E-state index contributed by atoms with van der Waals surface area (Å²) in [6.45, 7) is 2.71. The quantitative estimate of drug-likeness (QED) is 0.550. The predicted octanol–water partition coefficient (Wildman–Crippen LogP) is 1.92. The summed E-state index contributed by atoms with van der Waals surface area (Å²) in [6, 6.07) is 2.92. The van der Waals surface area contributed by atoms with Gasteiger partial charge in [-0.3, -0.25) is 0 Å². The summed E-state index contributed by atoms with van der Waals surface area (Å²) >= 11 is 5.62. The molecule has 0 radical (unpaired) electrons. The van der Waals surface area contributed by atoms with Crippen molar-refractivity contribution in [1.82, 2.24) is 0 Å². The minimum absolute atomic E-state index is 0.144. The van der Waals surface area contributed by atoms with E-state index in [0.717, 1.165) is 18.3 Å². The van der Waals surface area contributed by atoms with Gasteiger partial charge in [-0.15, -0.1) is 0 Å². The molecule has 0 aromatic heterocycles. The van der Waals surface area contributed by atoms with E-state index in [9.17, 15) is 4.39 Å². The molecule has 1 nitrogen and oxygen atoms in total. The van der Waals surface area contributed by atoms with Gasteiger partial charge in [-0.1, -0.05) is 24.9 Å². The summed E-state index contributed by atoms with van der Waals surface area (Å²) in [5.74, 6) is 0.157.